The Hall–Kier alpha value is -1.06. The van der Waals surface area contributed by atoms with Crippen LogP contribution in [0.3, 0.4) is 0 Å². The minimum atomic E-state index is -0.354. The Kier molecular flexibility index (Phi) is 2.90. The standard InChI is InChI=1S/C9H7NOS.ClH/c10-9(11)7-5-12-8-4-2-1-3-6(7)8;/h1-5H,(H2,10,11);1H. The number of hydrogen-bond donors (Lipinski definition) is 1. The van der Waals surface area contributed by atoms with E-state index >= 15 is 0 Å². The van der Waals surface area contributed by atoms with Crippen molar-refractivity contribution in [1.29, 1.82) is 0 Å². The van der Waals surface area contributed by atoms with Gasteiger partial charge in [-0.25, -0.2) is 0 Å². The molecule has 13 heavy (non-hydrogen) atoms. The van der Waals surface area contributed by atoms with E-state index in [1.807, 2.05) is 24.3 Å². The zero-order valence-electron chi connectivity index (χ0n) is 6.69. The van der Waals surface area contributed by atoms with Gasteiger partial charge in [0.2, 0.25) is 5.91 Å². The molecule has 1 heterocycles. The molecule has 4 heteroatoms. The fraction of sp³-hybridized carbons (Fsp3) is 0. The lowest BCUT2D eigenvalue weighted by atomic mass is 10.2. The first-order valence-corrected chi connectivity index (χ1v) is 4.43. The van der Waals surface area contributed by atoms with Gasteiger partial charge in [-0.05, 0) is 6.07 Å². The highest BCUT2D eigenvalue weighted by Gasteiger charge is 2.06. The van der Waals surface area contributed by atoms with Gasteiger partial charge in [0.05, 0.1) is 5.56 Å². The molecule has 2 rings (SSSR count). The number of carbonyl (C=O) groups is 1. The molecule has 0 bridgehead atoms. The fourth-order valence-corrected chi connectivity index (χ4v) is 2.12. The summed E-state index contributed by atoms with van der Waals surface area (Å²) in [6.07, 6.45) is 0. The number of halogens is 1. The maximum absolute atomic E-state index is 10.9. The summed E-state index contributed by atoms with van der Waals surface area (Å²) >= 11 is 1.54. The largest absolute Gasteiger partial charge is 0.366 e. The molecular weight excluding hydrogens is 206 g/mol. The van der Waals surface area contributed by atoms with Crippen molar-refractivity contribution < 1.29 is 4.79 Å². The number of nitrogens with two attached hydrogens (primary N) is 1. The summed E-state index contributed by atoms with van der Waals surface area (Å²) in [5.74, 6) is -0.354. The molecule has 0 fully saturated rings. The monoisotopic (exact) mass is 213 g/mol. The molecule has 1 aromatic heterocycles. The highest BCUT2D eigenvalue weighted by Crippen LogP contribution is 2.24. The van der Waals surface area contributed by atoms with E-state index in [9.17, 15) is 4.79 Å². The molecule has 0 aliphatic carbocycles. The Morgan fingerprint density at radius 1 is 1.31 bits per heavy atom. The molecule has 2 N–H and O–H groups in total. The lowest BCUT2D eigenvalue weighted by molar-refractivity contribution is 0.100. The summed E-state index contributed by atoms with van der Waals surface area (Å²) in [5.41, 5.74) is 5.81. The average molecular weight is 214 g/mol. The fourth-order valence-electron chi connectivity index (χ4n) is 1.17. The third-order valence-electron chi connectivity index (χ3n) is 1.75. The molecule has 0 radical (unpaired) electrons. The smallest absolute Gasteiger partial charge is 0.250 e. The Labute approximate surface area is 85.8 Å². The quantitative estimate of drug-likeness (QED) is 0.777. The van der Waals surface area contributed by atoms with Gasteiger partial charge in [0, 0.05) is 15.5 Å². The molecule has 68 valence electrons. The second kappa shape index (κ2) is 3.77. The molecule has 0 aliphatic heterocycles. The molecule has 0 saturated carbocycles. The molecule has 0 spiro atoms. The first-order chi connectivity index (χ1) is 5.79. The third kappa shape index (κ3) is 1.66. The van der Waals surface area contributed by atoms with E-state index in [1.165, 1.54) is 0 Å². The summed E-state index contributed by atoms with van der Waals surface area (Å²) in [6.45, 7) is 0. The van der Waals surface area contributed by atoms with Gasteiger partial charge in [-0.15, -0.1) is 23.7 Å². The number of benzene rings is 1. The molecule has 2 aromatic rings. The zero-order chi connectivity index (χ0) is 8.55. The van der Waals surface area contributed by atoms with Gasteiger partial charge in [0.15, 0.2) is 0 Å². The molecule has 2 nitrogen and oxygen atoms in total. The molecule has 1 amide bonds. The number of carbonyl (C=O) groups excluding carboxylic acids is 1. The van der Waals surface area contributed by atoms with Crippen molar-refractivity contribution in [1.82, 2.24) is 0 Å². The summed E-state index contributed by atoms with van der Waals surface area (Å²) in [6, 6.07) is 7.74. The van der Waals surface area contributed by atoms with E-state index in [4.69, 9.17) is 5.73 Å². The Morgan fingerprint density at radius 3 is 2.69 bits per heavy atom. The van der Waals surface area contributed by atoms with Crippen LogP contribution >= 0.6 is 23.7 Å². The van der Waals surface area contributed by atoms with E-state index in [1.54, 1.807) is 16.7 Å². The average Bonchev–Trinajstić information content (AvgIpc) is 2.47. The number of thiophene rings is 1. The third-order valence-corrected chi connectivity index (χ3v) is 2.71. The first-order valence-electron chi connectivity index (χ1n) is 3.55. The van der Waals surface area contributed by atoms with Gasteiger partial charge in [-0.3, -0.25) is 4.79 Å². The van der Waals surface area contributed by atoms with Crippen molar-refractivity contribution in [3.63, 3.8) is 0 Å². The van der Waals surface area contributed by atoms with Gasteiger partial charge in [-0.2, -0.15) is 0 Å². The lowest BCUT2D eigenvalue weighted by Gasteiger charge is -1.90. The highest BCUT2D eigenvalue weighted by molar-refractivity contribution is 7.17. The lowest BCUT2D eigenvalue weighted by Crippen LogP contribution is -2.09. The van der Waals surface area contributed by atoms with E-state index < -0.39 is 0 Å². The van der Waals surface area contributed by atoms with Crippen LogP contribution in [0, 0.1) is 0 Å². The van der Waals surface area contributed by atoms with Crippen LogP contribution in [0.5, 0.6) is 0 Å². The van der Waals surface area contributed by atoms with Crippen LogP contribution in [-0.4, -0.2) is 5.91 Å². The van der Waals surface area contributed by atoms with Gasteiger partial charge in [0.25, 0.3) is 0 Å². The molecule has 1 aromatic carbocycles. The number of hydrogen-bond acceptors (Lipinski definition) is 2. The summed E-state index contributed by atoms with van der Waals surface area (Å²) in [5, 5.41) is 2.75. The maximum Gasteiger partial charge on any atom is 0.250 e. The van der Waals surface area contributed by atoms with Crippen LogP contribution < -0.4 is 5.73 Å². The van der Waals surface area contributed by atoms with E-state index in [0.717, 1.165) is 10.1 Å². The predicted octanol–water partition coefficient (Wildman–Crippen LogP) is 2.42. The van der Waals surface area contributed by atoms with Crippen LogP contribution in [0.15, 0.2) is 29.6 Å². The van der Waals surface area contributed by atoms with Crippen molar-refractivity contribution in [2.45, 2.75) is 0 Å². The number of primary amides is 1. The zero-order valence-corrected chi connectivity index (χ0v) is 8.32. The van der Waals surface area contributed by atoms with Crippen molar-refractivity contribution in [3.8, 4) is 0 Å². The second-order valence-corrected chi connectivity index (χ2v) is 3.42. The van der Waals surface area contributed by atoms with Crippen LogP contribution in [0.1, 0.15) is 10.4 Å². The Balaban J connectivity index is 0.000000845. The molecular formula is C9H8ClNOS. The van der Waals surface area contributed by atoms with E-state index in [-0.39, 0.29) is 18.3 Å². The van der Waals surface area contributed by atoms with Gasteiger partial charge in [-0.1, -0.05) is 18.2 Å². The summed E-state index contributed by atoms with van der Waals surface area (Å²) < 4.78 is 1.10. The predicted molar refractivity (Wildman–Crippen MR) is 57.6 cm³/mol. The summed E-state index contributed by atoms with van der Waals surface area (Å²) in [7, 11) is 0. The molecule has 0 saturated heterocycles. The van der Waals surface area contributed by atoms with Crippen molar-refractivity contribution in [2.24, 2.45) is 5.73 Å². The summed E-state index contributed by atoms with van der Waals surface area (Å²) in [4.78, 5) is 10.9. The van der Waals surface area contributed by atoms with E-state index in [0.29, 0.717) is 5.56 Å². The maximum atomic E-state index is 10.9. The van der Waals surface area contributed by atoms with E-state index in [2.05, 4.69) is 0 Å². The van der Waals surface area contributed by atoms with Crippen LogP contribution in [0.2, 0.25) is 0 Å². The Morgan fingerprint density at radius 2 is 2.00 bits per heavy atom. The van der Waals surface area contributed by atoms with Crippen LogP contribution in [0.25, 0.3) is 10.1 Å². The minimum absolute atomic E-state index is 0. The van der Waals surface area contributed by atoms with Gasteiger partial charge in [0.1, 0.15) is 0 Å². The number of amides is 1. The molecule has 0 unspecified atom stereocenters. The molecule has 0 atom stereocenters. The minimum Gasteiger partial charge on any atom is -0.366 e. The normalized spacial score (nSPS) is 9.54. The van der Waals surface area contributed by atoms with Crippen molar-refractivity contribution in [2.75, 3.05) is 0 Å². The number of fused-ring (bicyclic) bond motifs is 1. The van der Waals surface area contributed by atoms with Gasteiger partial charge < -0.3 is 5.73 Å². The second-order valence-electron chi connectivity index (χ2n) is 2.51. The van der Waals surface area contributed by atoms with Crippen LogP contribution in [-0.2, 0) is 0 Å². The molecule has 0 aliphatic rings. The van der Waals surface area contributed by atoms with Crippen molar-refractivity contribution in [3.05, 3.63) is 35.2 Å². The Bertz CT molecular complexity index is 438. The topological polar surface area (TPSA) is 43.1 Å². The number of rotatable bonds is 1. The van der Waals surface area contributed by atoms with Crippen molar-refractivity contribution >= 4 is 39.7 Å². The van der Waals surface area contributed by atoms with Gasteiger partial charge >= 0.3 is 0 Å². The van der Waals surface area contributed by atoms with Crippen LogP contribution in [0.4, 0.5) is 0 Å². The highest BCUT2D eigenvalue weighted by atomic mass is 35.5. The SMILES string of the molecule is Cl.NC(=O)c1csc2ccccc12. The first kappa shape index (κ1) is 10.0.